The summed E-state index contributed by atoms with van der Waals surface area (Å²) in [6.45, 7) is 0.714. The van der Waals surface area contributed by atoms with Crippen LogP contribution in [0.25, 0.3) is 0 Å². The van der Waals surface area contributed by atoms with Crippen molar-refractivity contribution in [3.63, 3.8) is 0 Å². The highest BCUT2D eigenvalue weighted by Gasteiger charge is 2.17. The average Bonchev–Trinajstić information content (AvgIpc) is 2.85. The number of methoxy groups -OCH3 is 1. The Morgan fingerprint density at radius 1 is 0.970 bits per heavy atom. The van der Waals surface area contributed by atoms with Gasteiger partial charge < -0.3 is 15.4 Å². The molecule has 3 amide bonds. The maximum atomic E-state index is 13.0. The van der Waals surface area contributed by atoms with Crippen molar-refractivity contribution in [1.82, 2.24) is 5.32 Å². The summed E-state index contributed by atoms with van der Waals surface area (Å²) in [5.74, 6) is 0.478. The maximum Gasteiger partial charge on any atom is 0.326 e. The number of nitro benzene ring substituents is 1. The van der Waals surface area contributed by atoms with E-state index in [1.807, 2.05) is 6.07 Å². The lowest BCUT2D eigenvalue weighted by Gasteiger charge is -2.23. The predicted molar refractivity (Wildman–Crippen MR) is 126 cm³/mol. The lowest BCUT2D eigenvalue weighted by atomic mass is 10.2. The average molecular weight is 448 g/mol. The Bertz CT molecular complexity index is 1090. The summed E-state index contributed by atoms with van der Waals surface area (Å²) in [5, 5.41) is 16.4. The molecule has 0 atom stereocenters. The van der Waals surface area contributed by atoms with Crippen molar-refractivity contribution in [3.05, 3.63) is 94.5 Å². The Morgan fingerprint density at radius 3 is 2.24 bits per heavy atom. The van der Waals surface area contributed by atoms with Crippen LogP contribution in [0.1, 0.15) is 16.8 Å². The van der Waals surface area contributed by atoms with E-state index in [9.17, 15) is 19.7 Å². The lowest BCUT2D eigenvalue weighted by Crippen LogP contribution is -2.37. The number of carbonyl (C=O) groups is 2. The molecule has 0 aliphatic heterocycles. The molecule has 0 bridgehead atoms. The van der Waals surface area contributed by atoms with Crippen molar-refractivity contribution in [2.45, 2.75) is 6.42 Å². The molecule has 170 valence electrons. The minimum Gasteiger partial charge on any atom is -0.497 e. The van der Waals surface area contributed by atoms with Crippen LogP contribution in [0.5, 0.6) is 5.75 Å². The second kappa shape index (κ2) is 11.3. The van der Waals surface area contributed by atoms with Gasteiger partial charge in [-0.25, -0.2) is 4.79 Å². The Kier molecular flexibility index (Phi) is 7.96. The maximum absolute atomic E-state index is 13.0. The van der Waals surface area contributed by atoms with Crippen LogP contribution >= 0.6 is 0 Å². The third-order valence-electron chi connectivity index (χ3n) is 4.84. The summed E-state index contributed by atoms with van der Waals surface area (Å²) in [7, 11) is 1.56. The zero-order chi connectivity index (χ0) is 23.6. The van der Waals surface area contributed by atoms with E-state index in [1.54, 1.807) is 55.6 Å². The Morgan fingerprint density at radius 2 is 1.64 bits per heavy atom. The molecule has 0 spiro atoms. The number of anilines is 2. The molecule has 0 aliphatic rings. The van der Waals surface area contributed by atoms with Crippen LogP contribution < -0.4 is 20.3 Å². The van der Waals surface area contributed by atoms with Gasteiger partial charge in [-0.2, -0.15) is 0 Å². The van der Waals surface area contributed by atoms with E-state index in [1.165, 1.54) is 29.2 Å². The highest BCUT2D eigenvalue weighted by atomic mass is 16.6. The van der Waals surface area contributed by atoms with E-state index in [0.29, 0.717) is 42.2 Å². The number of benzene rings is 3. The van der Waals surface area contributed by atoms with Crippen molar-refractivity contribution < 1.29 is 19.2 Å². The van der Waals surface area contributed by atoms with Gasteiger partial charge in [0.15, 0.2) is 0 Å². The number of ether oxygens (including phenoxy) is 1. The Labute approximate surface area is 191 Å². The van der Waals surface area contributed by atoms with Gasteiger partial charge in [-0.1, -0.05) is 18.2 Å². The highest BCUT2D eigenvalue weighted by molar-refractivity contribution is 6.01. The molecule has 0 fully saturated rings. The molecule has 0 aliphatic carbocycles. The molecule has 33 heavy (non-hydrogen) atoms. The number of nitro groups is 1. The third kappa shape index (κ3) is 6.54. The highest BCUT2D eigenvalue weighted by Crippen LogP contribution is 2.21. The Balaban J connectivity index is 1.65. The first-order valence-electron chi connectivity index (χ1n) is 10.3. The van der Waals surface area contributed by atoms with Crippen LogP contribution in [0.4, 0.5) is 21.9 Å². The molecule has 0 heterocycles. The molecule has 3 aromatic carbocycles. The summed E-state index contributed by atoms with van der Waals surface area (Å²) in [5.41, 5.74) is 1.58. The normalized spacial score (nSPS) is 10.2. The van der Waals surface area contributed by atoms with Gasteiger partial charge in [-0.3, -0.25) is 19.8 Å². The van der Waals surface area contributed by atoms with E-state index in [4.69, 9.17) is 4.74 Å². The standard InChI is InChI=1S/C24H24N4O5/c1-33-22-14-12-20(13-15-22)27(17-5-16-25-23(29)18-6-3-2-4-7-18)24(30)26-19-8-10-21(11-9-19)28(31)32/h2-4,6-15H,5,16-17H2,1H3,(H,25,29)(H,26,30). The number of nitrogens with one attached hydrogen (secondary N) is 2. The minimum atomic E-state index is -0.501. The minimum absolute atomic E-state index is 0.0610. The first-order chi connectivity index (χ1) is 16.0. The molecule has 2 N–H and O–H groups in total. The quantitative estimate of drug-likeness (QED) is 0.285. The Hall–Kier alpha value is -4.40. The van der Waals surface area contributed by atoms with Crippen molar-refractivity contribution in [1.29, 1.82) is 0 Å². The van der Waals surface area contributed by atoms with E-state index >= 15 is 0 Å². The molecule has 0 aromatic heterocycles. The van der Waals surface area contributed by atoms with Gasteiger partial charge in [0.05, 0.1) is 12.0 Å². The van der Waals surface area contributed by atoms with Crippen LogP contribution in [0.2, 0.25) is 0 Å². The topological polar surface area (TPSA) is 114 Å². The predicted octanol–water partition coefficient (Wildman–Crippen LogP) is 4.46. The fourth-order valence-electron chi connectivity index (χ4n) is 3.10. The summed E-state index contributed by atoms with van der Waals surface area (Å²) >= 11 is 0. The monoisotopic (exact) mass is 448 g/mol. The van der Waals surface area contributed by atoms with Gasteiger partial charge in [0.1, 0.15) is 5.75 Å². The summed E-state index contributed by atoms with van der Waals surface area (Å²) in [4.78, 5) is 37.1. The van der Waals surface area contributed by atoms with Gasteiger partial charge >= 0.3 is 6.03 Å². The van der Waals surface area contributed by atoms with Crippen molar-refractivity contribution in [3.8, 4) is 5.75 Å². The van der Waals surface area contributed by atoms with Gasteiger partial charge in [0, 0.05) is 42.2 Å². The largest absolute Gasteiger partial charge is 0.497 e. The second-order valence-electron chi connectivity index (χ2n) is 7.06. The molecule has 0 saturated carbocycles. The number of hydrogen-bond acceptors (Lipinski definition) is 5. The first-order valence-corrected chi connectivity index (χ1v) is 10.3. The SMILES string of the molecule is COc1ccc(N(CCCNC(=O)c2ccccc2)C(=O)Nc2ccc([N+](=O)[O-])cc2)cc1. The number of non-ortho nitro benzene ring substituents is 1. The van der Waals surface area contributed by atoms with Crippen molar-refractivity contribution in [2.75, 3.05) is 30.4 Å². The zero-order valence-electron chi connectivity index (χ0n) is 18.1. The van der Waals surface area contributed by atoms with Gasteiger partial charge in [0.2, 0.25) is 0 Å². The molecule has 3 rings (SSSR count). The fraction of sp³-hybridized carbons (Fsp3) is 0.167. The van der Waals surface area contributed by atoms with Gasteiger partial charge in [-0.15, -0.1) is 0 Å². The lowest BCUT2D eigenvalue weighted by molar-refractivity contribution is -0.384. The van der Waals surface area contributed by atoms with Crippen LogP contribution in [-0.4, -0.2) is 37.1 Å². The number of hydrogen-bond donors (Lipinski definition) is 2. The van der Waals surface area contributed by atoms with Gasteiger partial charge in [0.25, 0.3) is 11.6 Å². The third-order valence-corrected chi connectivity index (χ3v) is 4.84. The molecular formula is C24H24N4O5. The first kappa shape index (κ1) is 23.3. The molecule has 9 heteroatoms. The summed E-state index contributed by atoms with van der Waals surface area (Å²) < 4.78 is 5.18. The number of rotatable bonds is 9. The smallest absolute Gasteiger partial charge is 0.326 e. The van der Waals surface area contributed by atoms with Crippen LogP contribution in [-0.2, 0) is 0 Å². The van der Waals surface area contributed by atoms with Crippen molar-refractivity contribution in [2.24, 2.45) is 0 Å². The summed E-state index contributed by atoms with van der Waals surface area (Å²) in [6, 6.07) is 21.1. The van der Waals surface area contributed by atoms with Crippen molar-refractivity contribution >= 4 is 29.0 Å². The van der Waals surface area contributed by atoms with Crippen LogP contribution in [0.15, 0.2) is 78.9 Å². The molecule has 0 radical (unpaired) electrons. The molecule has 0 unspecified atom stereocenters. The second-order valence-corrected chi connectivity index (χ2v) is 7.06. The fourth-order valence-corrected chi connectivity index (χ4v) is 3.10. The van der Waals surface area contributed by atoms with Crippen LogP contribution in [0, 0.1) is 10.1 Å². The molecule has 3 aromatic rings. The number of carbonyl (C=O) groups excluding carboxylic acids is 2. The van der Waals surface area contributed by atoms with E-state index in [0.717, 1.165) is 0 Å². The number of amides is 3. The van der Waals surface area contributed by atoms with E-state index < -0.39 is 11.0 Å². The van der Waals surface area contributed by atoms with Gasteiger partial charge in [-0.05, 0) is 55.0 Å². The van der Waals surface area contributed by atoms with E-state index in [-0.39, 0.29) is 11.6 Å². The number of nitrogens with zero attached hydrogens (tertiary/aromatic N) is 2. The molecule has 9 nitrogen and oxygen atoms in total. The zero-order valence-corrected chi connectivity index (χ0v) is 18.1. The van der Waals surface area contributed by atoms with Crippen LogP contribution in [0.3, 0.4) is 0 Å². The van der Waals surface area contributed by atoms with E-state index in [2.05, 4.69) is 10.6 Å². The number of urea groups is 1. The molecular weight excluding hydrogens is 424 g/mol. The molecule has 0 saturated heterocycles. The summed E-state index contributed by atoms with van der Waals surface area (Å²) in [6.07, 6.45) is 0.512.